The lowest BCUT2D eigenvalue weighted by molar-refractivity contribution is -0.125. The van der Waals surface area contributed by atoms with Crippen LogP contribution < -0.4 is 5.32 Å². The number of sulfonamides is 1. The van der Waals surface area contributed by atoms with Crippen LogP contribution in [0.15, 0.2) is 16.3 Å². The van der Waals surface area contributed by atoms with Gasteiger partial charge >= 0.3 is 0 Å². The van der Waals surface area contributed by atoms with Gasteiger partial charge in [-0.1, -0.05) is 0 Å². The summed E-state index contributed by atoms with van der Waals surface area (Å²) in [6.07, 6.45) is 1.48. The summed E-state index contributed by atoms with van der Waals surface area (Å²) in [7, 11) is -3.45. The molecule has 0 saturated carbocycles. The normalized spacial score (nSPS) is 20.8. The van der Waals surface area contributed by atoms with Crippen molar-refractivity contribution in [2.24, 2.45) is 5.92 Å². The molecule has 1 aliphatic heterocycles. The molecule has 0 spiro atoms. The number of aryl methyl sites for hydroxylation is 1. The van der Waals surface area contributed by atoms with Crippen molar-refractivity contribution in [2.75, 3.05) is 19.6 Å². The third-order valence-corrected chi connectivity index (χ3v) is 6.75. The zero-order valence-corrected chi connectivity index (χ0v) is 13.4. The average Bonchev–Trinajstić information content (AvgIpc) is 2.86. The molecule has 1 amide bonds. The first kappa shape index (κ1) is 15.5. The predicted octanol–water partition coefficient (Wildman–Crippen LogP) is 1.59. The van der Waals surface area contributed by atoms with Crippen LogP contribution in [0.2, 0.25) is 0 Å². The van der Waals surface area contributed by atoms with Crippen LogP contribution in [0.25, 0.3) is 0 Å². The summed E-state index contributed by atoms with van der Waals surface area (Å²) in [6.45, 7) is 5.10. The van der Waals surface area contributed by atoms with E-state index in [-0.39, 0.29) is 18.4 Å². The Morgan fingerprint density at radius 1 is 1.50 bits per heavy atom. The summed E-state index contributed by atoms with van der Waals surface area (Å²) in [6, 6.07) is 3.45. The second-order valence-corrected chi connectivity index (χ2v) is 8.41. The maximum atomic E-state index is 12.5. The van der Waals surface area contributed by atoms with Crippen molar-refractivity contribution < 1.29 is 13.2 Å². The number of hydrogen-bond acceptors (Lipinski definition) is 4. The van der Waals surface area contributed by atoms with Crippen molar-refractivity contribution in [1.82, 2.24) is 9.62 Å². The first-order chi connectivity index (χ1) is 9.45. The maximum absolute atomic E-state index is 12.5. The van der Waals surface area contributed by atoms with Crippen molar-refractivity contribution in [1.29, 1.82) is 0 Å². The lowest BCUT2D eigenvalue weighted by atomic mass is 9.99. The van der Waals surface area contributed by atoms with Crippen molar-refractivity contribution >= 4 is 27.3 Å². The van der Waals surface area contributed by atoms with Gasteiger partial charge in [0.1, 0.15) is 4.21 Å². The average molecular weight is 316 g/mol. The fourth-order valence-corrected chi connectivity index (χ4v) is 5.33. The zero-order chi connectivity index (χ0) is 14.8. The van der Waals surface area contributed by atoms with Crippen molar-refractivity contribution in [2.45, 2.75) is 30.9 Å². The molecule has 0 bridgehead atoms. The molecule has 7 heteroatoms. The molecule has 2 heterocycles. The van der Waals surface area contributed by atoms with Gasteiger partial charge in [0.2, 0.25) is 5.91 Å². The Kier molecular flexibility index (Phi) is 4.82. The van der Waals surface area contributed by atoms with Gasteiger partial charge in [0.05, 0.1) is 5.92 Å². The highest BCUT2D eigenvalue weighted by Gasteiger charge is 2.33. The predicted molar refractivity (Wildman–Crippen MR) is 79.2 cm³/mol. The van der Waals surface area contributed by atoms with Crippen molar-refractivity contribution in [3.05, 3.63) is 17.0 Å². The minimum absolute atomic E-state index is 0.0465. The molecule has 5 nitrogen and oxygen atoms in total. The summed E-state index contributed by atoms with van der Waals surface area (Å²) in [5.41, 5.74) is 0. The molecule has 1 saturated heterocycles. The lowest BCUT2D eigenvalue weighted by Gasteiger charge is -2.30. The Labute approximate surface area is 124 Å². The van der Waals surface area contributed by atoms with E-state index < -0.39 is 10.0 Å². The Hall–Kier alpha value is -0.920. The fraction of sp³-hybridized carbons (Fsp3) is 0.615. The Balaban J connectivity index is 2.14. The molecule has 1 atom stereocenters. The van der Waals surface area contributed by atoms with Gasteiger partial charge in [-0.3, -0.25) is 4.79 Å². The molecule has 0 aromatic carbocycles. The van der Waals surface area contributed by atoms with E-state index in [2.05, 4.69) is 5.32 Å². The molecule has 0 aliphatic carbocycles. The summed E-state index contributed by atoms with van der Waals surface area (Å²) in [4.78, 5) is 12.9. The highest BCUT2D eigenvalue weighted by molar-refractivity contribution is 7.91. The highest BCUT2D eigenvalue weighted by Crippen LogP contribution is 2.28. The smallest absolute Gasteiger partial charge is 0.252 e. The molecule has 112 valence electrons. The molecule has 0 radical (unpaired) electrons. The molecule has 1 aromatic heterocycles. The van der Waals surface area contributed by atoms with E-state index in [1.54, 1.807) is 6.07 Å². The van der Waals surface area contributed by atoms with E-state index in [4.69, 9.17) is 0 Å². The number of thiophene rings is 1. The van der Waals surface area contributed by atoms with E-state index in [0.717, 1.165) is 17.7 Å². The molecular weight excluding hydrogens is 296 g/mol. The SMILES string of the molecule is CCNC(=O)[C@H]1CCCN(S(=O)(=O)c2ccc(C)s2)C1. The van der Waals surface area contributed by atoms with Gasteiger partial charge in [0, 0.05) is 24.5 Å². The van der Waals surface area contributed by atoms with Gasteiger partial charge in [-0.2, -0.15) is 4.31 Å². The van der Waals surface area contributed by atoms with Gasteiger partial charge in [-0.05, 0) is 38.8 Å². The maximum Gasteiger partial charge on any atom is 0.252 e. The number of hydrogen-bond donors (Lipinski definition) is 1. The number of rotatable bonds is 4. The number of piperidine rings is 1. The molecule has 1 aromatic rings. The van der Waals surface area contributed by atoms with Gasteiger partial charge in [-0.25, -0.2) is 8.42 Å². The van der Waals surface area contributed by atoms with E-state index in [9.17, 15) is 13.2 Å². The number of nitrogens with one attached hydrogen (secondary N) is 1. The van der Waals surface area contributed by atoms with E-state index in [0.29, 0.717) is 17.3 Å². The summed E-state index contributed by atoms with van der Waals surface area (Å²) >= 11 is 1.28. The quantitative estimate of drug-likeness (QED) is 0.917. The fourth-order valence-electron chi connectivity index (χ4n) is 2.37. The van der Waals surface area contributed by atoms with Crippen LogP contribution in [-0.2, 0) is 14.8 Å². The largest absolute Gasteiger partial charge is 0.356 e. The van der Waals surface area contributed by atoms with Crippen LogP contribution in [0.5, 0.6) is 0 Å². The molecule has 0 unspecified atom stereocenters. The highest BCUT2D eigenvalue weighted by atomic mass is 32.2. The van der Waals surface area contributed by atoms with Gasteiger partial charge in [-0.15, -0.1) is 11.3 Å². The first-order valence-corrected chi connectivity index (χ1v) is 9.05. The Bertz CT molecular complexity index is 580. The number of carbonyl (C=O) groups is 1. The second kappa shape index (κ2) is 6.24. The summed E-state index contributed by atoms with van der Waals surface area (Å²) in [5, 5.41) is 2.77. The summed E-state index contributed by atoms with van der Waals surface area (Å²) < 4.78 is 26.9. The molecule has 1 aliphatic rings. The molecular formula is C13H20N2O3S2. The second-order valence-electron chi connectivity index (χ2n) is 4.96. The van der Waals surface area contributed by atoms with E-state index >= 15 is 0 Å². The molecule has 20 heavy (non-hydrogen) atoms. The number of amides is 1. The third-order valence-electron chi connectivity index (χ3n) is 3.42. The van der Waals surface area contributed by atoms with E-state index in [1.807, 2.05) is 19.9 Å². The standard InChI is InChI=1S/C13H20N2O3S2/c1-3-14-13(16)11-5-4-8-15(9-11)20(17,18)12-7-6-10(2)19-12/h6-7,11H,3-5,8-9H2,1-2H3,(H,14,16)/t11-/m0/s1. The molecule has 2 rings (SSSR count). The minimum Gasteiger partial charge on any atom is -0.356 e. The zero-order valence-electron chi connectivity index (χ0n) is 11.8. The molecule has 1 N–H and O–H groups in total. The van der Waals surface area contributed by atoms with Gasteiger partial charge < -0.3 is 5.32 Å². The van der Waals surface area contributed by atoms with Crippen molar-refractivity contribution in [3.63, 3.8) is 0 Å². The van der Waals surface area contributed by atoms with Crippen LogP contribution in [0, 0.1) is 12.8 Å². The van der Waals surface area contributed by atoms with Crippen LogP contribution in [0.3, 0.4) is 0 Å². The minimum atomic E-state index is -3.45. The Morgan fingerprint density at radius 2 is 2.25 bits per heavy atom. The van der Waals surface area contributed by atoms with Crippen LogP contribution in [0.1, 0.15) is 24.6 Å². The van der Waals surface area contributed by atoms with Gasteiger partial charge in [0.15, 0.2) is 0 Å². The third kappa shape index (κ3) is 3.21. The Morgan fingerprint density at radius 3 is 2.85 bits per heavy atom. The molecule has 1 fully saturated rings. The van der Waals surface area contributed by atoms with Crippen LogP contribution in [-0.4, -0.2) is 38.3 Å². The van der Waals surface area contributed by atoms with Gasteiger partial charge in [0.25, 0.3) is 10.0 Å². The lowest BCUT2D eigenvalue weighted by Crippen LogP contribution is -2.45. The van der Waals surface area contributed by atoms with Crippen molar-refractivity contribution in [3.8, 4) is 0 Å². The van der Waals surface area contributed by atoms with Crippen LogP contribution >= 0.6 is 11.3 Å². The van der Waals surface area contributed by atoms with Crippen LogP contribution in [0.4, 0.5) is 0 Å². The summed E-state index contributed by atoms with van der Waals surface area (Å²) in [5.74, 6) is -0.283. The number of nitrogens with zero attached hydrogens (tertiary/aromatic N) is 1. The monoisotopic (exact) mass is 316 g/mol. The first-order valence-electron chi connectivity index (χ1n) is 6.79. The number of carbonyl (C=O) groups excluding carboxylic acids is 1. The van der Waals surface area contributed by atoms with E-state index in [1.165, 1.54) is 15.6 Å². The topological polar surface area (TPSA) is 66.5 Å².